The molecule has 0 atom stereocenters. The van der Waals surface area contributed by atoms with Crippen LogP contribution in [0.15, 0.2) is 53.6 Å². The number of aromatic carboxylic acids is 1. The van der Waals surface area contributed by atoms with Crippen LogP contribution in [0, 0.1) is 13.8 Å². The second-order valence-corrected chi connectivity index (χ2v) is 6.50. The molecule has 0 saturated carbocycles. The van der Waals surface area contributed by atoms with Crippen LogP contribution in [-0.2, 0) is 5.75 Å². The number of nitrogens with zero attached hydrogens (tertiary/aromatic N) is 1. The minimum atomic E-state index is -0.889. The van der Waals surface area contributed by atoms with Gasteiger partial charge in [0.15, 0.2) is 0 Å². The van der Waals surface area contributed by atoms with Crippen molar-refractivity contribution in [1.29, 1.82) is 0 Å². The third-order valence-electron chi connectivity index (χ3n) is 3.85. The van der Waals surface area contributed by atoms with Gasteiger partial charge in [-0.15, -0.1) is 11.8 Å². The number of thioether (sulfide) groups is 1. The van der Waals surface area contributed by atoms with Crippen molar-refractivity contribution in [1.82, 2.24) is 4.98 Å². The highest BCUT2D eigenvalue weighted by molar-refractivity contribution is 7.98. The van der Waals surface area contributed by atoms with E-state index in [2.05, 4.69) is 32.0 Å². The van der Waals surface area contributed by atoms with Crippen LogP contribution in [0.4, 0.5) is 0 Å². The number of aromatic nitrogens is 1. The van der Waals surface area contributed by atoms with Gasteiger partial charge in [0.2, 0.25) is 0 Å². The maximum Gasteiger partial charge on any atom is 0.335 e. The van der Waals surface area contributed by atoms with Gasteiger partial charge in [-0.1, -0.05) is 36.4 Å². The van der Waals surface area contributed by atoms with Crippen LogP contribution >= 0.6 is 11.8 Å². The standard InChI is InChI=1S/C19H17NO2S/c1-12-6-5-9-15-13(2)10-17(20-18(12)15)23-11-14-7-3-4-8-16(14)19(21)22/h3-10H,11H2,1-2H3,(H,21,22). The number of pyridine rings is 1. The Morgan fingerprint density at radius 3 is 2.65 bits per heavy atom. The normalized spacial score (nSPS) is 10.9. The lowest BCUT2D eigenvalue weighted by Crippen LogP contribution is -2.01. The molecule has 1 N–H and O–H groups in total. The molecule has 0 aliphatic rings. The van der Waals surface area contributed by atoms with Crippen molar-refractivity contribution in [3.63, 3.8) is 0 Å². The Morgan fingerprint density at radius 1 is 1.09 bits per heavy atom. The molecule has 2 aromatic carbocycles. The summed E-state index contributed by atoms with van der Waals surface area (Å²) in [4.78, 5) is 16.0. The van der Waals surface area contributed by atoms with Gasteiger partial charge < -0.3 is 5.11 Å². The number of benzene rings is 2. The third-order valence-corrected chi connectivity index (χ3v) is 4.81. The van der Waals surface area contributed by atoms with E-state index >= 15 is 0 Å². The fourth-order valence-electron chi connectivity index (χ4n) is 2.61. The highest BCUT2D eigenvalue weighted by atomic mass is 32.2. The Hall–Kier alpha value is -2.33. The first-order valence-electron chi connectivity index (χ1n) is 7.37. The molecule has 0 aliphatic carbocycles. The molecule has 0 unspecified atom stereocenters. The zero-order chi connectivity index (χ0) is 16.4. The Morgan fingerprint density at radius 2 is 1.87 bits per heavy atom. The van der Waals surface area contributed by atoms with E-state index in [1.165, 1.54) is 10.9 Å². The summed E-state index contributed by atoms with van der Waals surface area (Å²) >= 11 is 1.57. The minimum absolute atomic E-state index is 0.355. The van der Waals surface area contributed by atoms with Crippen LogP contribution in [0.2, 0.25) is 0 Å². The molecule has 0 saturated heterocycles. The van der Waals surface area contributed by atoms with Gasteiger partial charge in [0.05, 0.1) is 16.1 Å². The van der Waals surface area contributed by atoms with Gasteiger partial charge in [-0.3, -0.25) is 0 Å². The van der Waals surface area contributed by atoms with E-state index in [9.17, 15) is 9.90 Å². The van der Waals surface area contributed by atoms with Crippen LogP contribution in [0.1, 0.15) is 27.0 Å². The topological polar surface area (TPSA) is 50.2 Å². The fraction of sp³-hybridized carbons (Fsp3) is 0.158. The molecular weight excluding hydrogens is 306 g/mol. The number of rotatable bonds is 4. The van der Waals surface area contributed by atoms with Gasteiger partial charge in [-0.25, -0.2) is 9.78 Å². The molecule has 4 heteroatoms. The summed E-state index contributed by atoms with van der Waals surface area (Å²) < 4.78 is 0. The number of hydrogen-bond acceptors (Lipinski definition) is 3. The average Bonchev–Trinajstić information content (AvgIpc) is 2.54. The van der Waals surface area contributed by atoms with Gasteiger partial charge in [-0.2, -0.15) is 0 Å². The summed E-state index contributed by atoms with van der Waals surface area (Å²) in [6, 6.07) is 15.4. The van der Waals surface area contributed by atoms with Crippen LogP contribution in [0.5, 0.6) is 0 Å². The number of carboxylic acid groups (broad SMARTS) is 1. The van der Waals surface area contributed by atoms with Crippen molar-refractivity contribution in [3.8, 4) is 0 Å². The Labute approximate surface area is 139 Å². The molecule has 1 heterocycles. The van der Waals surface area contributed by atoms with Gasteiger partial charge in [0, 0.05) is 11.1 Å². The number of hydrogen-bond donors (Lipinski definition) is 1. The number of para-hydroxylation sites is 1. The Kier molecular flexibility index (Phi) is 4.35. The average molecular weight is 323 g/mol. The van der Waals surface area contributed by atoms with Crippen LogP contribution in [0.3, 0.4) is 0 Å². The first-order valence-corrected chi connectivity index (χ1v) is 8.36. The molecule has 0 amide bonds. The maximum atomic E-state index is 11.3. The monoisotopic (exact) mass is 323 g/mol. The minimum Gasteiger partial charge on any atom is -0.478 e. The molecule has 0 radical (unpaired) electrons. The zero-order valence-electron chi connectivity index (χ0n) is 13.0. The van der Waals surface area contributed by atoms with Gasteiger partial charge in [0.1, 0.15) is 0 Å². The van der Waals surface area contributed by atoms with E-state index in [1.807, 2.05) is 18.2 Å². The lowest BCUT2D eigenvalue weighted by molar-refractivity contribution is 0.0696. The SMILES string of the molecule is Cc1cc(SCc2ccccc2C(=O)O)nc2c(C)cccc12. The predicted octanol–water partition coefficient (Wildman–Crippen LogP) is 4.84. The third kappa shape index (κ3) is 3.22. The predicted molar refractivity (Wildman–Crippen MR) is 94.2 cm³/mol. The van der Waals surface area contributed by atoms with Crippen molar-refractivity contribution in [2.24, 2.45) is 0 Å². The van der Waals surface area contributed by atoms with E-state index in [0.29, 0.717) is 11.3 Å². The smallest absolute Gasteiger partial charge is 0.335 e. The van der Waals surface area contributed by atoms with Crippen LogP contribution < -0.4 is 0 Å². The molecule has 0 bridgehead atoms. The molecule has 1 aromatic heterocycles. The highest BCUT2D eigenvalue weighted by Gasteiger charge is 2.10. The van der Waals surface area contributed by atoms with Crippen molar-refractivity contribution >= 4 is 28.6 Å². The summed E-state index contributed by atoms with van der Waals surface area (Å²) in [5.41, 5.74) is 4.52. The number of aryl methyl sites for hydroxylation is 2. The second kappa shape index (κ2) is 6.42. The van der Waals surface area contributed by atoms with E-state index in [-0.39, 0.29) is 0 Å². The Balaban J connectivity index is 1.91. The molecular formula is C19H17NO2S. The van der Waals surface area contributed by atoms with Crippen LogP contribution in [0.25, 0.3) is 10.9 Å². The molecule has 0 aliphatic heterocycles. The van der Waals surface area contributed by atoms with Crippen molar-refractivity contribution in [3.05, 3.63) is 70.8 Å². The molecule has 3 nitrogen and oxygen atoms in total. The second-order valence-electron chi connectivity index (χ2n) is 5.50. The zero-order valence-corrected chi connectivity index (χ0v) is 13.9. The summed E-state index contributed by atoms with van der Waals surface area (Å²) in [7, 11) is 0. The maximum absolute atomic E-state index is 11.3. The first kappa shape index (κ1) is 15.6. The van der Waals surface area contributed by atoms with Crippen molar-refractivity contribution in [2.45, 2.75) is 24.6 Å². The van der Waals surface area contributed by atoms with Gasteiger partial charge >= 0.3 is 5.97 Å². The van der Waals surface area contributed by atoms with E-state index < -0.39 is 5.97 Å². The molecule has 116 valence electrons. The molecule has 23 heavy (non-hydrogen) atoms. The van der Waals surface area contributed by atoms with Crippen molar-refractivity contribution in [2.75, 3.05) is 0 Å². The highest BCUT2D eigenvalue weighted by Crippen LogP contribution is 2.28. The lowest BCUT2D eigenvalue weighted by atomic mass is 10.1. The lowest BCUT2D eigenvalue weighted by Gasteiger charge is -2.09. The number of carbonyl (C=O) groups is 1. The molecule has 0 spiro atoms. The molecule has 3 aromatic rings. The molecule has 3 rings (SSSR count). The van der Waals surface area contributed by atoms with E-state index in [1.54, 1.807) is 23.9 Å². The number of fused-ring (bicyclic) bond motifs is 1. The largest absolute Gasteiger partial charge is 0.478 e. The summed E-state index contributed by atoms with van der Waals surface area (Å²) in [6.07, 6.45) is 0. The Bertz CT molecular complexity index is 890. The van der Waals surface area contributed by atoms with Gasteiger partial charge in [0.25, 0.3) is 0 Å². The summed E-state index contributed by atoms with van der Waals surface area (Å²) in [6.45, 7) is 4.14. The van der Waals surface area contributed by atoms with E-state index in [0.717, 1.165) is 21.7 Å². The van der Waals surface area contributed by atoms with Crippen LogP contribution in [-0.4, -0.2) is 16.1 Å². The summed E-state index contributed by atoms with van der Waals surface area (Å²) in [5.74, 6) is -0.300. The quantitative estimate of drug-likeness (QED) is 0.698. The van der Waals surface area contributed by atoms with Crippen molar-refractivity contribution < 1.29 is 9.90 Å². The number of carboxylic acids is 1. The first-order chi connectivity index (χ1) is 11.1. The van der Waals surface area contributed by atoms with Gasteiger partial charge in [-0.05, 0) is 42.7 Å². The van der Waals surface area contributed by atoms with E-state index in [4.69, 9.17) is 4.98 Å². The summed E-state index contributed by atoms with van der Waals surface area (Å²) in [5, 5.41) is 11.3. The molecule has 0 fully saturated rings. The fourth-order valence-corrected chi connectivity index (χ4v) is 3.58.